The molecule has 2 aromatic heterocycles. The minimum atomic E-state index is -1.19. The number of nitrogens with one attached hydrogen (secondary N) is 1. The fraction of sp³-hybridized carbons (Fsp3) is 0.458. The smallest absolute Gasteiger partial charge is 0.274 e. The van der Waals surface area contributed by atoms with Gasteiger partial charge in [0.1, 0.15) is 22.1 Å². The molecule has 36 heavy (non-hydrogen) atoms. The number of aryl methyl sites for hydroxylation is 1. The number of nitrogens with two attached hydrogens (primary N) is 1. The number of hydrogen-bond donors (Lipinski definition) is 4. The summed E-state index contributed by atoms with van der Waals surface area (Å²) >= 11 is 12.3. The van der Waals surface area contributed by atoms with Gasteiger partial charge in [-0.05, 0) is 55.7 Å². The van der Waals surface area contributed by atoms with Gasteiger partial charge in [0.15, 0.2) is 5.82 Å². The lowest BCUT2D eigenvalue weighted by Gasteiger charge is -2.26. The largest absolute Gasteiger partial charge is 0.394 e. The normalized spacial score (nSPS) is 25.3. The highest BCUT2D eigenvalue weighted by Crippen LogP contribution is 2.57. The Balaban J connectivity index is 1.34. The molecule has 0 saturated heterocycles. The Morgan fingerprint density at radius 3 is 2.64 bits per heavy atom. The number of imidazole rings is 1. The second kappa shape index (κ2) is 9.33. The van der Waals surface area contributed by atoms with Crippen molar-refractivity contribution in [1.29, 1.82) is 0 Å². The zero-order chi connectivity index (χ0) is 25.8. The van der Waals surface area contributed by atoms with Crippen LogP contribution in [0.15, 0.2) is 24.5 Å². The van der Waals surface area contributed by atoms with Crippen LogP contribution in [0.2, 0.25) is 10.0 Å². The maximum atomic E-state index is 13.5. The minimum Gasteiger partial charge on any atom is -0.394 e. The Kier molecular flexibility index (Phi) is 6.48. The van der Waals surface area contributed by atoms with E-state index < -0.39 is 11.4 Å². The van der Waals surface area contributed by atoms with E-state index in [4.69, 9.17) is 28.9 Å². The van der Waals surface area contributed by atoms with E-state index in [9.17, 15) is 19.4 Å². The number of carbonyl (C=O) groups is 1. The third-order valence-electron chi connectivity index (χ3n) is 7.46. The summed E-state index contributed by atoms with van der Waals surface area (Å²) in [6.45, 7) is 0.0439. The van der Waals surface area contributed by atoms with Gasteiger partial charge in [0, 0.05) is 18.7 Å². The van der Waals surface area contributed by atoms with E-state index in [2.05, 4.69) is 15.4 Å². The number of amides is 1. The standard InChI is InChI=1S/C24H27Cl2FN6O3/c1-32-11-29-19(20(32)23(35)30-15-2-3-17(27)16(25)8-15)12-6-13-9-24(36,10-14(13)7-12)21-18(26)22(28)31-33(21)4-5-34/h2-3,8,11-14,34,36H,4-7,9-10H2,1H3,(H2,28,31)(H,30,35). The fourth-order valence-electron chi connectivity index (χ4n) is 6.03. The maximum Gasteiger partial charge on any atom is 0.274 e. The van der Waals surface area contributed by atoms with Gasteiger partial charge < -0.3 is 25.8 Å². The van der Waals surface area contributed by atoms with Gasteiger partial charge in [0.25, 0.3) is 5.91 Å². The van der Waals surface area contributed by atoms with E-state index in [1.807, 2.05) is 0 Å². The van der Waals surface area contributed by atoms with Gasteiger partial charge in [-0.1, -0.05) is 23.2 Å². The summed E-state index contributed by atoms with van der Waals surface area (Å²) in [4.78, 5) is 17.7. The lowest BCUT2D eigenvalue weighted by atomic mass is 9.90. The molecule has 12 heteroatoms. The van der Waals surface area contributed by atoms with Crippen molar-refractivity contribution in [3.63, 3.8) is 0 Å². The van der Waals surface area contributed by atoms with Crippen molar-refractivity contribution in [2.24, 2.45) is 18.9 Å². The van der Waals surface area contributed by atoms with E-state index >= 15 is 0 Å². The fourth-order valence-corrected chi connectivity index (χ4v) is 6.52. The van der Waals surface area contributed by atoms with Crippen LogP contribution in [-0.4, -0.2) is 42.1 Å². The van der Waals surface area contributed by atoms with Gasteiger partial charge in [-0.3, -0.25) is 9.48 Å². The van der Waals surface area contributed by atoms with Crippen molar-refractivity contribution >= 4 is 40.6 Å². The van der Waals surface area contributed by atoms with Gasteiger partial charge in [-0.2, -0.15) is 5.10 Å². The van der Waals surface area contributed by atoms with Crippen LogP contribution < -0.4 is 11.1 Å². The number of carbonyl (C=O) groups excluding carboxylic acids is 1. The number of benzene rings is 1. The number of nitrogens with zero attached hydrogens (tertiary/aromatic N) is 4. The van der Waals surface area contributed by atoms with Gasteiger partial charge in [0.05, 0.1) is 35.9 Å². The Morgan fingerprint density at radius 1 is 1.31 bits per heavy atom. The van der Waals surface area contributed by atoms with Crippen LogP contribution in [0.5, 0.6) is 0 Å². The first-order chi connectivity index (χ1) is 17.1. The first-order valence-electron chi connectivity index (χ1n) is 11.7. The van der Waals surface area contributed by atoms with Crippen LogP contribution in [0.1, 0.15) is 53.5 Å². The second-order valence-corrected chi connectivity index (χ2v) is 10.6. The van der Waals surface area contributed by atoms with E-state index in [1.54, 1.807) is 17.9 Å². The van der Waals surface area contributed by atoms with Gasteiger partial charge in [-0.25, -0.2) is 9.37 Å². The molecule has 0 spiro atoms. The lowest BCUT2D eigenvalue weighted by molar-refractivity contribution is 0.0246. The second-order valence-electron chi connectivity index (χ2n) is 9.80. The number of aliphatic hydroxyl groups excluding tert-OH is 1. The molecule has 0 bridgehead atoms. The number of aliphatic hydroxyl groups is 2. The van der Waals surface area contributed by atoms with Crippen molar-refractivity contribution in [2.45, 2.75) is 43.7 Å². The van der Waals surface area contributed by atoms with Crippen molar-refractivity contribution in [2.75, 3.05) is 17.7 Å². The molecular weight excluding hydrogens is 510 g/mol. The molecule has 2 unspecified atom stereocenters. The number of rotatable bonds is 6. The molecule has 1 amide bonds. The molecule has 1 aromatic carbocycles. The summed E-state index contributed by atoms with van der Waals surface area (Å²) in [7, 11) is 1.76. The molecule has 3 aromatic rings. The number of aromatic nitrogens is 4. The summed E-state index contributed by atoms with van der Waals surface area (Å²) in [5, 5.41) is 28.1. The topological polar surface area (TPSA) is 131 Å². The molecular formula is C24H27Cl2FN6O3. The Morgan fingerprint density at radius 2 is 2.00 bits per heavy atom. The van der Waals surface area contributed by atoms with Crippen LogP contribution in [0.3, 0.4) is 0 Å². The van der Waals surface area contributed by atoms with E-state index in [0.717, 1.165) is 12.8 Å². The van der Waals surface area contributed by atoms with Crippen LogP contribution >= 0.6 is 23.2 Å². The monoisotopic (exact) mass is 536 g/mol. The zero-order valence-corrected chi connectivity index (χ0v) is 21.1. The van der Waals surface area contributed by atoms with E-state index in [-0.39, 0.29) is 52.7 Å². The van der Waals surface area contributed by atoms with Gasteiger partial charge >= 0.3 is 0 Å². The Bertz CT molecular complexity index is 1310. The van der Waals surface area contributed by atoms with Gasteiger partial charge in [-0.15, -0.1) is 0 Å². The average Bonchev–Trinajstić information content (AvgIpc) is 3.53. The Labute approximate surface area is 217 Å². The predicted octanol–water partition coefficient (Wildman–Crippen LogP) is 3.68. The van der Waals surface area contributed by atoms with Crippen molar-refractivity contribution in [1.82, 2.24) is 19.3 Å². The van der Waals surface area contributed by atoms with Crippen molar-refractivity contribution < 1.29 is 19.4 Å². The molecule has 2 atom stereocenters. The molecule has 9 nitrogen and oxygen atoms in total. The molecule has 2 saturated carbocycles. The van der Waals surface area contributed by atoms with Crippen molar-refractivity contribution in [3.8, 4) is 0 Å². The molecule has 2 aliphatic carbocycles. The molecule has 0 aliphatic heterocycles. The highest BCUT2D eigenvalue weighted by molar-refractivity contribution is 6.33. The number of nitrogen functional groups attached to an aromatic ring is 1. The summed E-state index contributed by atoms with van der Waals surface area (Å²) < 4.78 is 16.7. The first kappa shape index (κ1) is 25.0. The zero-order valence-electron chi connectivity index (χ0n) is 19.6. The summed E-state index contributed by atoms with van der Waals surface area (Å²) in [5.74, 6) is -0.332. The number of hydrogen-bond acceptors (Lipinski definition) is 6. The third kappa shape index (κ3) is 4.26. The first-order valence-corrected chi connectivity index (χ1v) is 12.5. The van der Waals surface area contributed by atoms with E-state index in [1.165, 1.54) is 22.9 Å². The quantitative estimate of drug-likeness (QED) is 0.380. The maximum absolute atomic E-state index is 13.5. The third-order valence-corrected chi connectivity index (χ3v) is 8.12. The summed E-state index contributed by atoms with van der Waals surface area (Å²) in [6.07, 6.45) is 4.09. The molecule has 5 rings (SSSR count). The number of anilines is 2. The number of halogens is 3. The molecule has 192 valence electrons. The van der Waals surface area contributed by atoms with Crippen LogP contribution in [-0.2, 0) is 19.2 Å². The predicted molar refractivity (Wildman–Crippen MR) is 133 cm³/mol. The van der Waals surface area contributed by atoms with Crippen LogP contribution in [0, 0.1) is 17.7 Å². The molecule has 2 heterocycles. The Hall–Kier alpha value is -2.66. The minimum absolute atomic E-state index is 0.0474. The SMILES string of the molecule is Cn1cnc(C2CC3CC(O)(c4c(Cl)c(N)nn4CCO)CC3C2)c1C(=O)Nc1ccc(F)c(Cl)c1. The molecule has 2 fully saturated rings. The van der Waals surface area contributed by atoms with Crippen LogP contribution in [0.4, 0.5) is 15.9 Å². The molecule has 5 N–H and O–H groups in total. The molecule has 0 radical (unpaired) electrons. The van der Waals surface area contributed by atoms with Crippen molar-refractivity contribution in [3.05, 3.63) is 57.5 Å². The highest BCUT2D eigenvalue weighted by Gasteiger charge is 2.52. The molecule has 2 aliphatic rings. The van der Waals surface area contributed by atoms with E-state index in [0.29, 0.717) is 35.6 Å². The highest BCUT2D eigenvalue weighted by atomic mass is 35.5. The van der Waals surface area contributed by atoms with Crippen LogP contribution in [0.25, 0.3) is 0 Å². The van der Waals surface area contributed by atoms with Gasteiger partial charge in [0.2, 0.25) is 0 Å². The number of fused-ring (bicyclic) bond motifs is 1. The average molecular weight is 537 g/mol. The summed E-state index contributed by atoms with van der Waals surface area (Å²) in [6, 6.07) is 4.02. The summed E-state index contributed by atoms with van der Waals surface area (Å²) in [5.41, 5.74) is 6.70. The lowest BCUT2D eigenvalue weighted by Crippen LogP contribution is -2.28.